The molecule has 5 heteroatoms. The zero-order valence-corrected chi connectivity index (χ0v) is 13.2. The van der Waals surface area contributed by atoms with Crippen LogP contribution in [0.3, 0.4) is 0 Å². The van der Waals surface area contributed by atoms with E-state index < -0.39 is 11.4 Å². The molecule has 1 aromatic carbocycles. The maximum Gasteiger partial charge on any atom is 0.304 e. The predicted molar refractivity (Wildman–Crippen MR) is 83.8 cm³/mol. The van der Waals surface area contributed by atoms with E-state index in [4.69, 9.17) is 0 Å². The van der Waals surface area contributed by atoms with E-state index in [9.17, 15) is 19.5 Å². The maximum absolute atomic E-state index is 13.2. The quantitative estimate of drug-likeness (QED) is 0.866. The Kier molecular flexibility index (Phi) is 3.96. The van der Waals surface area contributed by atoms with Gasteiger partial charge in [0.25, 0.3) is 0 Å². The molecule has 1 aliphatic carbocycles. The molecule has 2 fully saturated rings. The molecule has 0 aromatic heterocycles. The van der Waals surface area contributed by atoms with E-state index in [2.05, 4.69) is 0 Å². The van der Waals surface area contributed by atoms with Crippen LogP contribution in [0, 0.1) is 6.92 Å². The summed E-state index contributed by atoms with van der Waals surface area (Å²) in [6.07, 6.45) is 3.30. The van der Waals surface area contributed by atoms with Crippen molar-refractivity contribution in [3.63, 3.8) is 0 Å². The Hall–Kier alpha value is -2.17. The minimum atomic E-state index is -1.25. The summed E-state index contributed by atoms with van der Waals surface area (Å²) in [6, 6.07) is 7.22. The monoisotopic (exact) mass is 315 g/mol. The predicted octanol–water partition coefficient (Wildman–Crippen LogP) is 2.41. The van der Waals surface area contributed by atoms with Crippen LogP contribution in [0.4, 0.5) is 0 Å². The number of aliphatic carboxylic acids is 1. The topological polar surface area (TPSA) is 74.7 Å². The molecule has 0 unspecified atom stereocenters. The lowest BCUT2D eigenvalue weighted by molar-refractivity contribution is -0.146. The molecule has 23 heavy (non-hydrogen) atoms. The highest BCUT2D eigenvalue weighted by Gasteiger charge is 2.56. The molecule has 0 radical (unpaired) electrons. The largest absolute Gasteiger partial charge is 0.481 e. The van der Waals surface area contributed by atoms with Gasteiger partial charge in [-0.25, -0.2) is 0 Å². The Labute approximate surface area is 135 Å². The number of likely N-dealkylation sites (tertiary alicyclic amines) is 1. The minimum Gasteiger partial charge on any atom is -0.481 e. The van der Waals surface area contributed by atoms with Crippen LogP contribution in [-0.4, -0.2) is 33.8 Å². The molecule has 1 aliphatic heterocycles. The first-order chi connectivity index (χ1) is 11.0. The number of hydrogen-bond donors (Lipinski definition) is 1. The third kappa shape index (κ3) is 2.54. The molecule has 3 rings (SSSR count). The molecule has 1 heterocycles. The number of rotatable bonds is 4. The molecule has 1 saturated carbocycles. The highest BCUT2D eigenvalue weighted by Crippen LogP contribution is 2.43. The molecule has 5 nitrogen and oxygen atoms in total. The van der Waals surface area contributed by atoms with Crippen molar-refractivity contribution in [1.82, 2.24) is 4.90 Å². The Balaban J connectivity index is 2.07. The van der Waals surface area contributed by atoms with Crippen molar-refractivity contribution < 1.29 is 19.5 Å². The van der Waals surface area contributed by atoms with Gasteiger partial charge in [0.2, 0.25) is 11.8 Å². The standard InChI is InChI=1S/C18H21NO4/c1-12-6-2-5-9-14(12)18(11-16(21)22)10-15(20)19(17(18)23)13-7-3-4-8-13/h2,5-6,9,13H,3-4,7-8,10-11H2,1H3,(H,21,22)/t18-/m1/s1. The van der Waals surface area contributed by atoms with E-state index in [-0.39, 0.29) is 30.7 Å². The van der Waals surface area contributed by atoms with Crippen LogP contribution >= 0.6 is 0 Å². The molecular weight excluding hydrogens is 294 g/mol. The van der Waals surface area contributed by atoms with Crippen molar-refractivity contribution in [1.29, 1.82) is 0 Å². The van der Waals surface area contributed by atoms with Gasteiger partial charge in [-0.3, -0.25) is 19.3 Å². The second-order valence-corrected chi connectivity index (χ2v) is 6.65. The Morgan fingerprint density at radius 1 is 1.26 bits per heavy atom. The van der Waals surface area contributed by atoms with Gasteiger partial charge in [-0.05, 0) is 30.9 Å². The van der Waals surface area contributed by atoms with Crippen molar-refractivity contribution in [2.45, 2.75) is 56.9 Å². The average Bonchev–Trinajstić information content (AvgIpc) is 3.07. The fourth-order valence-electron chi connectivity index (χ4n) is 4.11. The lowest BCUT2D eigenvalue weighted by atomic mass is 9.74. The highest BCUT2D eigenvalue weighted by molar-refractivity contribution is 6.10. The number of aryl methyl sites for hydroxylation is 1. The first kappa shape index (κ1) is 15.7. The summed E-state index contributed by atoms with van der Waals surface area (Å²) in [5, 5.41) is 9.36. The van der Waals surface area contributed by atoms with Crippen molar-refractivity contribution in [3.05, 3.63) is 35.4 Å². The zero-order valence-electron chi connectivity index (χ0n) is 13.2. The molecular formula is C18H21NO4. The summed E-state index contributed by atoms with van der Waals surface area (Å²) in [5.74, 6) is -1.61. The van der Waals surface area contributed by atoms with E-state index in [1.165, 1.54) is 4.90 Å². The number of carboxylic acids is 1. The van der Waals surface area contributed by atoms with Gasteiger partial charge in [-0.1, -0.05) is 37.1 Å². The van der Waals surface area contributed by atoms with Gasteiger partial charge in [0.05, 0.1) is 11.8 Å². The lowest BCUT2D eigenvalue weighted by Gasteiger charge is -2.29. The SMILES string of the molecule is Cc1ccccc1[C@]1(CC(=O)O)CC(=O)N(C2CCCC2)C1=O. The second kappa shape index (κ2) is 5.80. The van der Waals surface area contributed by atoms with E-state index in [1.54, 1.807) is 12.1 Å². The fourth-order valence-corrected chi connectivity index (χ4v) is 4.11. The van der Waals surface area contributed by atoms with Crippen molar-refractivity contribution in [2.75, 3.05) is 0 Å². The van der Waals surface area contributed by atoms with E-state index in [0.29, 0.717) is 5.56 Å². The number of benzene rings is 1. The molecule has 0 bridgehead atoms. The van der Waals surface area contributed by atoms with E-state index in [0.717, 1.165) is 31.2 Å². The Morgan fingerprint density at radius 3 is 2.52 bits per heavy atom. The summed E-state index contributed by atoms with van der Waals surface area (Å²) in [7, 11) is 0. The molecule has 1 atom stereocenters. The van der Waals surface area contributed by atoms with Crippen molar-refractivity contribution in [2.24, 2.45) is 0 Å². The van der Waals surface area contributed by atoms with E-state index >= 15 is 0 Å². The molecule has 0 spiro atoms. The van der Waals surface area contributed by atoms with Gasteiger partial charge in [0.15, 0.2) is 0 Å². The second-order valence-electron chi connectivity index (χ2n) is 6.65. The van der Waals surface area contributed by atoms with Crippen molar-refractivity contribution in [3.8, 4) is 0 Å². The highest BCUT2D eigenvalue weighted by atomic mass is 16.4. The summed E-state index contributed by atoms with van der Waals surface area (Å²) >= 11 is 0. The first-order valence-electron chi connectivity index (χ1n) is 8.10. The number of amides is 2. The van der Waals surface area contributed by atoms with Gasteiger partial charge in [0.1, 0.15) is 0 Å². The van der Waals surface area contributed by atoms with Crippen LogP contribution in [0.25, 0.3) is 0 Å². The summed E-state index contributed by atoms with van der Waals surface area (Å²) in [4.78, 5) is 38.5. The Morgan fingerprint density at radius 2 is 1.91 bits per heavy atom. The smallest absolute Gasteiger partial charge is 0.304 e. The van der Waals surface area contributed by atoms with Crippen LogP contribution in [0.15, 0.2) is 24.3 Å². The molecule has 1 saturated heterocycles. The molecule has 1 aromatic rings. The molecule has 122 valence electrons. The first-order valence-corrected chi connectivity index (χ1v) is 8.10. The number of carbonyl (C=O) groups is 3. The average molecular weight is 315 g/mol. The van der Waals surface area contributed by atoms with Crippen LogP contribution < -0.4 is 0 Å². The van der Waals surface area contributed by atoms with Gasteiger partial charge in [-0.2, -0.15) is 0 Å². The van der Waals surface area contributed by atoms with Gasteiger partial charge < -0.3 is 5.11 Å². The number of carbonyl (C=O) groups excluding carboxylic acids is 2. The third-order valence-corrected chi connectivity index (χ3v) is 5.15. The van der Waals surface area contributed by atoms with Crippen LogP contribution in [0.1, 0.15) is 49.7 Å². The van der Waals surface area contributed by atoms with E-state index in [1.807, 2.05) is 19.1 Å². The van der Waals surface area contributed by atoms with Gasteiger partial charge in [-0.15, -0.1) is 0 Å². The molecule has 2 aliphatic rings. The fraction of sp³-hybridized carbons (Fsp3) is 0.500. The molecule has 1 N–H and O–H groups in total. The third-order valence-electron chi connectivity index (χ3n) is 5.15. The summed E-state index contributed by atoms with van der Waals surface area (Å²) in [5.41, 5.74) is 0.265. The summed E-state index contributed by atoms with van der Waals surface area (Å²) in [6.45, 7) is 1.86. The maximum atomic E-state index is 13.2. The lowest BCUT2D eigenvalue weighted by Crippen LogP contribution is -2.44. The zero-order chi connectivity index (χ0) is 16.6. The minimum absolute atomic E-state index is 0.0422. The molecule has 2 amide bonds. The number of nitrogens with zero attached hydrogens (tertiary/aromatic N) is 1. The van der Waals surface area contributed by atoms with Gasteiger partial charge >= 0.3 is 5.97 Å². The number of hydrogen-bond acceptors (Lipinski definition) is 3. The summed E-state index contributed by atoms with van der Waals surface area (Å²) < 4.78 is 0. The van der Waals surface area contributed by atoms with Crippen molar-refractivity contribution >= 4 is 17.8 Å². The number of imide groups is 1. The normalized spacial score (nSPS) is 25.3. The van der Waals surface area contributed by atoms with Crippen LogP contribution in [0.2, 0.25) is 0 Å². The number of carboxylic acid groups (broad SMARTS) is 1. The van der Waals surface area contributed by atoms with Crippen LogP contribution in [-0.2, 0) is 19.8 Å². The van der Waals surface area contributed by atoms with Crippen LogP contribution in [0.5, 0.6) is 0 Å². The van der Waals surface area contributed by atoms with Gasteiger partial charge in [0, 0.05) is 12.5 Å². The Bertz CT molecular complexity index is 663.